The number of ether oxygens (including phenoxy) is 1. The van der Waals surface area contributed by atoms with Crippen molar-refractivity contribution in [1.29, 1.82) is 0 Å². The summed E-state index contributed by atoms with van der Waals surface area (Å²) in [4.78, 5) is 54.8. The quantitative estimate of drug-likeness (QED) is 0.733. The minimum atomic E-state index is -1.22. The highest BCUT2D eigenvalue weighted by Crippen LogP contribution is 2.50. The van der Waals surface area contributed by atoms with Crippen LogP contribution in [0.3, 0.4) is 0 Å². The third-order valence-corrected chi connectivity index (χ3v) is 6.09. The van der Waals surface area contributed by atoms with Gasteiger partial charge >= 0.3 is 0 Å². The van der Waals surface area contributed by atoms with Gasteiger partial charge in [-0.15, -0.1) is 0 Å². The predicted octanol–water partition coefficient (Wildman–Crippen LogP) is 1.37. The van der Waals surface area contributed by atoms with Crippen molar-refractivity contribution in [3.05, 3.63) is 65.7 Å². The van der Waals surface area contributed by atoms with E-state index in [0.717, 1.165) is 4.90 Å². The summed E-state index contributed by atoms with van der Waals surface area (Å²) in [7, 11) is 1.53. The van der Waals surface area contributed by atoms with E-state index in [4.69, 9.17) is 10.5 Å². The summed E-state index contributed by atoms with van der Waals surface area (Å²) in [5.74, 6) is -3.42. The van der Waals surface area contributed by atoms with Gasteiger partial charge in [-0.3, -0.25) is 24.1 Å². The van der Waals surface area contributed by atoms with Gasteiger partial charge in [0.25, 0.3) is 5.91 Å². The molecule has 0 spiro atoms. The molecule has 4 amide bonds. The smallest absolute Gasteiger partial charge is 0.255 e. The van der Waals surface area contributed by atoms with Crippen LogP contribution in [0.4, 0.5) is 0 Å². The molecule has 8 nitrogen and oxygen atoms in total. The van der Waals surface area contributed by atoms with Gasteiger partial charge in [-0.1, -0.05) is 30.3 Å². The number of imide groups is 1. The van der Waals surface area contributed by atoms with Crippen LogP contribution in [0, 0.1) is 11.8 Å². The largest absolute Gasteiger partial charge is 0.497 e. The number of amides is 4. The van der Waals surface area contributed by atoms with E-state index in [1.165, 1.54) is 12.0 Å². The minimum Gasteiger partial charge on any atom is -0.497 e. The van der Waals surface area contributed by atoms with Crippen LogP contribution in [0.5, 0.6) is 5.75 Å². The molecule has 4 atom stereocenters. The highest BCUT2D eigenvalue weighted by Gasteiger charge is 2.64. The molecule has 0 radical (unpaired) electrons. The number of methoxy groups -OCH3 is 1. The first-order valence-corrected chi connectivity index (χ1v) is 10.1. The zero-order valence-corrected chi connectivity index (χ0v) is 17.2. The van der Waals surface area contributed by atoms with Gasteiger partial charge in [0.2, 0.25) is 17.7 Å². The summed E-state index contributed by atoms with van der Waals surface area (Å²) in [6.45, 7) is 1.89. The lowest BCUT2D eigenvalue weighted by Crippen LogP contribution is -2.50. The van der Waals surface area contributed by atoms with Crippen LogP contribution in [0.2, 0.25) is 0 Å². The molecule has 2 aromatic rings. The number of nitrogens with two attached hydrogens (primary N) is 1. The zero-order chi connectivity index (χ0) is 22.3. The van der Waals surface area contributed by atoms with E-state index in [1.807, 2.05) is 0 Å². The van der Waals surface area contributed by atoms with Crippen LogP contribution < -0.4 is 10.5 Å². The maximum Gasteiger partial charge on any atom is 0.255 e. The Morgan fingerprint density at radius 2 is 1.58 bits per heavy atom. The van der Waals surface area contributed by atoms with Gasteiger partial charge in [-0.25, -0.2) is 0 Å². The van der Waals surface area contributed by atoms with Crippen molar-refractivity contribution in [3.8, 4) is 5.75 Å². The molecule has 2 N–H and O–H groups in total. The molecular weight excluding hydrogens is 398 g/mol. The van der Waals surface area contributed by atoms with Gasteiger partial charge in [0.15, 0.2) is 0 Å². The number of hydrogen-bond acceptors (Lipinski definition) is 5. The number of carbonyl (C=O) groups excluding carboxylic acids is 4. The number of likely N-dealkylation sites (tertiary alicyclic amines) is 2. The van der Waals surface area contributed by atoms with E-state index >= 15 is 0 Å². The second-order valence-corrected chi connectivity index (χ2v) is 7.62. The predicted molar refractivity (Wildman–Crippen MR) is 111 cm³/mol. The second kappa shape index (κ2) is 7.86. The molecule has 4 rings (SSSR count). The fourth-order valence-corrected chi connectivity index (χ4v) is 4.73. The maximum absolute atomic E-state index is 13.5. The Hall–Kier alpha value is -3.68. The van der Waals surface area contributed by atoms with Crippen molar-refractivity contribution in [2.24, 2.45) is 17.6 Å². The number of carbonyl (C=O) groups is 4. The third kappa shape index (κ3) is 3.15. The monoisotopic (exact) mass is 421 g/mol. The molecule has 0 aromatic heterocycles. The standard InChI is InChI=1S/C23H23N3O5/c1-3-25-22(29)16-17(23(25)30)19(20(24)27)26(21(28)14-7-5-4-6-8-14)18(16)13-9-11-15(31-2)12-10-13/h4-12,16-19H,3H2,1-2H3,(H2,24,27). The lowest BCUT2D eigenvalue weighted by atomic mass is 9.86. The van der Waals surface area contributed by atoms with Crippen LogP contribution in [0.25, 0.3) is 0 Å². The van der Waals surface area contributed by atoms with Gasteiger partial charge in [0, 0.05) is 12.1 Å². The van der Waals surface area contributed by atoms with Crippen molar-refractivity contribution >= 4 is 23.6 Å². The lowest BCUT2D eigenvalue weighted by Gasteiger charge is -2.32. The highest BCUT2D eigenvalue weighted by atomic mass is 16.5. The average Bonchev–Trinajstić information content (AvgIpc) is 3.26. The van der Waals surface area contributed by atoms with Crippen LogP contribution >= 0.6 is 0 Å². The van der Waals surface area contributed by atoms with Crippen molar-refractivity contribution in [3.63, 3.8) is 0 Å². The van der Waals surface area contributed by atoms with Crippen molar-refractivity contribution in [2.75, 3.05) is 13.7 Å². The van der Waals surface area contributed by atoms with E-state index < -0.39 is 47.5 Å². The molecule has 0 saturated carbocycles. The summed E-state index contributed by atoms with van der Waals surface area (Å²) in [6, 6.07) is 13.3. The summed E-state index contributed by atoms with van der Waals surface area (Å²) in [5.41, 5.74) is 6.68. The number of primary amides is 1. The molecular formula is C23H23N3O5. The van der Waals surface area contributed by atoms with Gasteiger partial charge in [-0.05, 0) is 36.8 Å². The fourth-order valence-electron chi connectivity index (χ4n) is 4.73. The Morgan fingerprint density at radius 3 is 2.13 bits per heavy atom. The average molecular weight is 421 g/mol. The minimum absolute atomic E-state index is 0.193. The molecule has 2 saturated heterocycles. The Bertz CT molecular complexity index is 1040. The van der Waals surface area contributed by atoms with Gasteiger partial charge in [0.05, 0.1) is 25.0 Å². The summed E-state index contributed by atoms with van der Waals surface area (Å²) >= 11 is 0. The SMILES string of the molecule is CCN1C(=O)C2C(C1=O)C(c1ccc(OC)cc1)N(C(=O)c1ccccc1)C2C(N)=O. The maximum atomic E-state index is 13.5. The van der Waals surface area contributed by atoms with Crippen LogP contribution in [0.1, 0.15) is 28.9 Å². The lowest BCUT2D eigenvalue weighted by molar-refractivity contribution is -0.142. The molecule has 2 aliphatic heterocycles. The first kappa shape index (κ1) is 20.6. The first-order valence-electron chi connectivity index (χ1n) is 10.1. The van der Waals surface area contributed by atoms with Gasteiger partial charge in [0.1, 0.15) is 11.8 Å². The Kier molecular flexibility index (Phi) is 5.22. The zero-order valence-electron chi connectivity index (χ0n) is 17.2. The number of fused-ring (bicyclic) bond motifs is 1. The van der Waals surface area contributed by atoms with E-state index in [1.54, 1.807) is 61.5 Å². The van der Waals surface area contributed by atoms with E-state index in [-0.39, 0.29) is 6.54 Å². The Morgan fingerprint density at radius 1 is 0.968 bits per heavy atom. The molecule has 31 heavy (non-hydrogen) atoms. The summed E-state index contributed by atoms with van der Waals surface area (Å²) < 4.78 is 5.21. The van der Waals surface area contributed by atoms with Crippen LogP contribution in [-0.2, 0) is 14.4 Å². The summed E-state index contributed by atoms with van der Waals surface area (Å²) in [6.07, 6.45) is 0. The molecule has 0 bridgehead atoms. The Balaban J connectivity index is 1.89. The molecule has 2 aromatic carbocycles. The normalized spacial score (nSPS) is 25.0. The number of hydrogen-bond donors (Lipinski definition) is 1. The summed E-state index contributed by atoms with van der Waals surface area (Å²) in [5, 5.41) is 0. The molecule has 2 heterocycles. The van der Waals surface area contributed by atoms with Crippen LogP contribution in [0.15, 0.2) is 54.6 Å². The number of nitrogens with zero attached hydrogens (tertiary/aromatic N) is 2. The van der Waals surface area contributed by atoms with Crippen LogP contribution in [-0.4, -0.2) is 53.1 Å². The van der Waals surface area contributed by atoms with E-state index in [2.05, 4.69) is 0 Å². The number of benzene rings is 2. The van der Waals surface area contributed by atoms with Gasteiger partial charge in [-0.2, -0.15) is 0 Å². The van der Waals surface area contributed by atoms with Gasteiger partial charge < -0.3 is 15.4 Å². The van der Waals surface area contributed by atoms with Crippen molar-refractivity contribution < 1.29 is 23.9 Å². The second-order valence-electron chi connectivity index (χ2n) is 7.62. The van der Waals surface area contributed by atoms with E-state index in [9.17, 15) is 19.2 Å². The molecule has 2 aliphatic rings. The molecule has 4 unspecified atom stereocenters. The molecule has 160 valence electrons. The topological polar surface area (TPSA) is 110 Å². The molecule has 0 aliphatic carbocycles. The fraction of sp³-hybridized carbons (Fsp3) is 0.304. The Labute approximate surface area is 179 Å². The highest BCUT2D eigenvalue weighted by molar-refractivity contribution is 6.10. The molecule has 2 fully saturated rings. The molecule has 8 heteroatoms. The third-order valence-electron chi connectivity index (χ3n) is 6.09. The van der Waals surface area contributed by atoms with E-state index in [0.29, 0.717) is 16.9 Å². The van der Waals surface area contributed by atoms with Crippen molar-refractivity contribution in [1.82, 2.24) is 9.80 Å². The first-order chi connectivity index (χ1) is 14.9. The van der Waals surface area contributed by atoms with Crippen molar-refractivity contribution in [2.45, 2.75) is 19.0 Å². The number of rotatable bonds is 5.